The fourth-order valence-corrected chi connectivity index (χ4v) is 2.76. The smallest absolute Gasteiger partial charge is 0.338 e. The van der Waals surface area contributed by atoms with Crippen LogP contribution in [0.25, 0.3) is 0 Å². The van der Waals surface area contributed by atoms with Gasteiger partial charge in [0.05, 0.1) is 18.1 Å². The SMILES string of the molecule is CCOC(=O)C1=C(C)OC(N)=C(C#N)C1c1cccnc1Br. The molecule has 0 saturated heterocycles. The number of halogens is 1. The molecule has 0 saturated carbocycles. The zero-order valence-electron chi connectivity index (χ0n) is 12.1. The van der Waals surface area contributed by atoms with Crippen LogP contribution in [0.1, 0.15) is 25.3 Å². The van der Waals surface area contributed by atoms with Crippen molar-refractivity contribution in [2.45, 2.75) is 19.8 Å². The van der Waals surface area contributed by atoms with Crippen LogP contribution in [0.5, 0.6) is 0 Å². The van der Waals surface area contributed by atoms with Gasteiger partial charge in [-0.25, -0.2) is 9.78 Å². The third-order valence-electron chi connectivity index (χ3n) is 3.20. The maximum absolute atomic E-state index is 12.3. The second-order valence-corrected chi connectivity index (χ2v) is 5.25. The molecule has 2 heterocycles. The molecule has 1 aliphatic heterocycles. The van der Waals surface area contributed by atoms with E-state index in [1.165, 1.54) is 0 Å². The average Bonchev–Trinajstić information content (AvgIpc) is 2.47. The summed E-state index contributed by atoms with van der Waals surface area (Å²) >= 11 is 3.34. The van der Waals surface area contributed by atoms with E-state index in [1.54, 1.807) is 32.2 Å². The number of nitrogens with two attached hydrogens (primary N) is 1. The zero-order chi connectivity index (χ0) is 16.3. The molecule has 2 rings (SSSR count). The van der Waals surface area contributed by atoms with Crippen molar-refractivity contribution < 1.29 is 14.3 Å². The first-order chi connectivity index (χ1) is 10.5. The lowest BCUT2D eigenvalue weighted by molar-refractivity contribution is -0.139. The van der Waals surface area contributed by atoms with Crippen LogP contribution in [-0.2, 0) is 14.3 Å². The summed E-state index contributed by atoms with van der Waals surface area (Å²) in [6, 6.07) is 5.51. The fourth-order valence-electron chi connectivity index (χ4n) is 2.28. The number of rotatable bonds is 3. The third kappa shape index (κ3) is 2.83. The van der Waals surface area contributed by atoms with E-state index in [4.69, 9.17) is 15.2 Å². The number of esters is 1. The minimum Gasteiger partial charge on any atom is -0.463 e. The molecule has 22 heavy (non-hydrogen) atoms. The maximum atomic E-state index is 12.3. The number of ether oxygens (including phenoxy) is 2. The molecule has 1 atom stereocenters. The second kappa shape index (κ2) is 6.62. The van der Waals surface area contributed by atoms with E-state index in [-0.39, 0.29) is 23.6 Å². The molecular formula is C15H14BrN3O3. The van der Waals surface area contributed by atoms with Crippen LogP contribution in [0.2, 0.25) is 0 Å². The molecule has 1 aromatic rings. The third-order valence-corrected chi connectivity index (χ3v) is 3.86. The Morgan fingerprint density at radius 1 is 1.64 bits per heavy atom. The molecule has 2 N–H and O–H groups in total. The Balaban J connectivity index is 2.65. The number of hydrogen-bond acceptors (Lipinski definition) is 6. The van der Waals surface area contributed by atoms with E-state index >= 15 is 0 Å². The summed E-state index contributed by atoms with van der Waals surface area (Å²) in [6.45, 7) is 3.55. The highest BCUT2D eigenvalue weighted by atomic mass is 79.9. The van der Waals surface area contributed by atoms with Crippen molar-refractivity contribution in [3.63, 3.8) is 0 Å². The molecular weight excluding hydrogens is 350 g/mol. The molecule has 1 aromatic heterocycles. The number of hydrogen-bond donors (Lipinski definition) is 1. The number of nitrogens with zero attached hydrogens (tertiary/aromatic N) is 2. The summed E-state index contributed by atoms with van der Waals surface area (Å²) in [5, 5.41) is 9.42. The normalized spacial score (nSPS) is 17.8. The van der Waals surface area contributed by atoms with Crippen LogP contribution in [0.15, 0.2) is 45.7 Å². The van der Waals surface area contributed by atoms with E-state index in [2.05, 4.69) is 20.9 Å². The van der Waals surface area contributed by atoms with Gasteiger partial charge in [-0.15, -0.1) is 0 Å². The predicted molar refractivity (Wildman–Crippen MR) is 81.9 cm³/mol. The zero-order valence-corrected chi connectivity index (χ0v) is 13.7. The largest absolute Gasteiger partial charge is 0.463 e. The lowest BCUT2D eigenvalue weighted by atomic mass is 9.84. The van der Waals surface area contributed by atoms with E-state index in [9.17, 15) is 10.1 Å². The van der Waals surface area contributed by atoms with Crippen LogP contribution in [0.4, 0.5) is 0 Å². The quantitative estimate of drug-likeness (QED) is 0.654. The average molecular weight is 364 g/mol. The highest BCUT2D eigenvalue weighted by Crippen LogP contribution is 2.41. The number of carbonyl (C=O) groups excluding carboxylic acids is 1. The van der Waals surface area contributed by atoms with Gasteiger partial charge in [0, 0.05) is 6.20 Å². The molecule has 0 amide bonds. The molecule has 0 spiro atoms. The van der Waals surface area contributed by atoms with Crippen LogP contribution >= 0.6 is 15.9 Å². The molecule has 0 aliphatic carbocycles. The van der Waals surface area contributed by atoms with Gasteiger partial charge in [-0.05, 0) is 41.4 Å². The van der Waals surface area contributed by atoms with Gasteiger partial charge in [-0.3, -0.25) is 0 Å². The summed E-state index contributed by atoms with van der Waals surface area (Å²) in [6.07, 6.45) is 1.60. The van der Waals surface area contributed by atoms with Crippen molar-refractivity contribution >= 4 is 21.9 Å². The van der Waals surface area contributed by atoms with Gasteiger partial charge >= 0.3 is 5.97 Å². The minimum absolute atomic E-state index is 0.0196. The summed E-state index contributed by atoms with van der Waals surface area (Å²) < 4.78 is 11.0. The van der Waals surface area contributed by atoms with Gasteiger partial charge in [0.25, 0.3) is 0 Å². The maximum Gasteiger partial charge on any atom is 0.338 e. The van der Waals surface area contributed by atoms with Gasteiger partial charge < -0.3 is 15.2 Å². The highest BCUT2D eigenvalue weighted by molar-refractivity contribution is 9.10. The van der Waals surface area contributed by atoms with Crippen molar-refractivity contribution in [3.05, 3.63) is 51.3 Å². The molecule has 6 nitrogen and oxygen atoms in total. The first-order valence-corrected chi connectivity index (χ1v) is 7.36. The van der Waals surface area contributed by atoms with Crippen molar-refractivity contribution in [3.8, 4) is 6.07 Å². The molecule has 1 unspecified atom stereocenters. The van der Waals surface area contributed by atoms with Crippen molar-refractivity contribution in [1.29, 1.82) is 5.26 Å². The van der Waals surface area contributed by atoms with Crippen LogP contribution in [-0.4, -0.2) is 17.6 Å². The first-order valence-electron chi connectivity index (χ1n) is 6.57. The molecule has 0 fully saturated rings. The molecule has 1 aliphatic rings. The van der Waals surface area contributed by atoms with Gasteiger partial charge in [0.15, 0.2) is 0 Å². The monoisotopic (exact) mass is 363 g/mol. The van der Waals surface area contributed by atoms with Gasteiger partial charge in [0.1, 0.15) is 22.0 Å². The van der Waals surface area contributed by atoms with Gasteiger partial charge in [-0.1, -0.05) is 6.07 Å². The van der Waals surface area contributed by atoms with Crippen molar-refractivity contribution in [1.82, 2.24) is 4.98 Å². The number of pyridine rings is 1. The Morgan fingerprint density at radius 3 is 2.95 bits per heavy atom. The van der Waals surface area contributed by atoms with E-state index in [1.807, 2.05) is 6.07 Å². The Hall–Kier alpha value is -2.33. The van der Waals surface area contributed by atoms with Gasteiger partial charge in [0.2, 0.25) is 5.88 Å². The summed E-state index contributed by atoms with van der Waals surface area (Å²) in [4.78, 5) is 16.4. The number of carbonyl (C=O) groups is 1. The van der Waals surface area contributed by atoms with E-state index < -0.39 is 11.9 Å². The molecule has 0 aromatic carbocycles. The Morgan fingerprint density at radius 2 is 2.36 bits per heavy atom. The molecule has 0 radical (unpaired) electrons. The van der Waals surface area contributed by atoms with Crippen molar-refractivity contribution in [2.75, 3.05) is 6.61 Å². The number of allylic oxidation sites excluding steroid dienone is 2. The highest BCUT2D eigenvalue weighted by Gasteiger charge is 2.37. The molecule has 7 heteroatoms. The predicted octanol–water partition coefficient (Wildman–Crippen LogP) is 2.49. The van der Waals surface area contributed by atoms with Crippen molar-refractivity contribution in [2.24, 2.45) is 5.73 Å². The summed E-state index contributed by atoms with van der Waals surface area (Å²) in [7, 11) is 0. The lowest BCUT2D eigenvalue weighted by Crippen LogP contribution is -2.25. The lowest BCUT2D eigenvalue weighted by Gasteiger charge is -2.27. The minimum atomic E-state index is -0.680. The Bertz CT molecular complexity index is 719. The Kier molecular flexibility index (Phi) is 4.83. The molecule has 0 bridgehead atoms. The van der Waals surface area contributed by atoms with Crippen LogP contribution in [0.3, 0.4) is 0 Å². The number of nitriles is 1. The van der Waals surface area contributed by atoms with Crippen LogP contribution < -0.4 is 5.73 Å². The first kappa shape index (κ1) is 16.0. The summed E-state index contributed by atoms with van der Waals surface area (Å²) in [5.41, 5.74) is 6.86. The van der Waals surface area contributed by atoms with E-state index in [0.29, 0.717) is 15.9 Å². The summed E-state index contributed by atoms with van der Waals surface area (Å²) in [5.74, 6) is -0.925. The second-order valence-electron chi connectivity index (χ2n) is 4.50. The molecule has 114 valence electrons. The van der Waals surface area contributed by atoms with E-state index in [0.717, 1.165) is 0 Å². The topological polar surface area (TPSA) is 98.2 Å². The Labute approximate surface area is 136 Å². The standard InChI is InChI=1S/C15H14BrN3O3/c1-3-21-15(20)11-8(2)22-14(18)10(7-17)12(11)9-5-4-6-19-13(9)16/h4-6,12H,3,18H2,1-2H3. The number of aromatic nitrogens is 1. The van der Waals surface area contributed by atoms with Crippen LogP contribution in [0, 0.1) is 11.3 Å². The van der Waals surface area contributed by atoms with Gasteiger partial charge in [-0.2, -0.15) is 5.26 Å². The fraction of sp³-hybridized carbons (Fsp3) is 0.267.